The van der Waals surface area contributed by atoms with E-state index in [0.29, 0.717) is 11.8 Å². The van der Waals surface area contributed by atoms with Crippen molar-refractivity contribution in [1.29, 1.82) is 0 Å². The van der Waals surface area contributed by atoms with Gasteiger partial charge in [0.15, 0.2) is 0 Å². The monoisotopic (exact) mass is 340 g/mol. The minimum atomic E-state index is -0.193. The van der Waals surface area contributed by atoms with E-state index in [9.17, 15) is 0 Å². The van der Waals surface area contributed by atoms with E-state index in [1.165, 1.54) is 39.8 Å². The first-order valence-corrected chi connectivity index (χ1v) is 9.25. The zero-order valence-electron chi connectivity index (χ0n) is 15.0. The molecule has 0 radical (unpaired) electrons. The molecule has 2 aromatic carbocycles. The molecule has 0 N–H and O–H groups in total. The van der Waals surface area contributed by atoms with Gasteiger partial charge < -0.3 is 9.47 Å². The molecule has 0 saturated heterocycles. The zero-order valence-corrected chi connectivity index (χ0v) is 15.0. The molecule has 4 aliphatic rings. The Bertz CT molecular complexity index is 970. The summed E-state index contributed by atoms with van der Waals surface area (Å²) in [5.74, 6) is 3.01. The van der Waals surface area contributed by atoms with Crippen molar-refractivity contribution in [1.82, 2.24) is 0 Å². The molecule has 1 saturated carbocycles. The number of benzene rings is 2. The molecule has 1 fully saturated rings. The molecular formula is C24H20O2. The third-order valence-corrected chi connectivity index (χ3v) is 6.62. The number of methoxy groups -OCH3 is 2. The van der Waals surface area contributed by atoms with E-state index >= 15 is 0 Å². The second-order valence-electron chi connectivity index (χ2n) is 7.72. The van der Waals surface area contributed by atoms with E-state index in [0.717, 1.165) is 11.5 Å². The van der Waals surface area contributed by atoms with Gasteiger partial charge >= 0.3 is 0 Å². The summed E-state index contributed by atoms with van der Waals surface area (Å²) in [6.45, 7) is 0. The van der Waals surface area contributed by atoms with Crippen LogP contribution in [0.2, 0.25) is 0 Å². The maximum atomic E-state index is 5.56. The van der Waals surface area contributed by atoms with Crippen molar-refractivity contribution in [2.24, 2.45) is 11.8 Å². The smallest absolute Gasteiger partial charge is 0.119 e. The van der Waals surface area contributed by atoms with Crippen LogP contribution in [0.4, 0.5) is 0 Å². The molecule has 2 heteroatoms. The summed E-state index contributed by atoms with van der Waals surface area (Å²) in [5.41, 5.74) is 8.13. The quantitative estimate of drug-likeness (QED) is 0.713. The minimum absolute atomic E-state index is 0.193. The topological polar surface area (TPSA) is 18.5 Å². The Morgan fingerprint density at radius 1 is 0.769 bits per heavy atom. The zero-order chi connectivity index (χ0) is 17.5. The van der Waals surface area contributed by atoms with Crippen LogP contribution in [-0.2, 0) is 5.41 Å². The Kier molecular flexibility index (Phi) is 2.61. The van der Waals surface area contributed by atoms with Crippen molar-refractivity contribution in [3.63, 3.8) is 0 Å². The van der Waals surface area contributed by atoms with E-state index < -0.39 is 0 Å². The molecule has 2 atom stereocenters. The van der Waals surface area contributed by atoms with E-state index in [1.807, 2.05) is 0 Å². The van der Waals surface area contributed by atoms with Crippen LogP contribution in [0, 0.1) is 11.8 Å². The van der Waals surface area contributed by atoms with Gasteiger partial charge in [-0.15, -0.1) is 0 Å². The summed E-state index contributed by atoms with van der Waals surface area (Å²) < 4.78 is 11.1. The number of fused-ring (bicyclic) bond motifs is 10. The number of hydrogen-bond acceptors (Lipinski definition) is 2. The van der Waals surface area contributed by atoms with Crippen molar-refractivity contribution in [3.05, 3.63) is 83.0 Å². The molecule has 2 unspecified atom stereocenters. The highest BCUT2D eigenvalue weighted by Gasteiger charge is 2.49. The molecule has 6 rings (SSSR count). The van der Waals surface area contributed by atoms with Gasteiger partial charge in [0, 0.05) is 11.8 Å². The lowest BCUT2D eigenvalue weighted by Gasteiger charge is -2.24. The largest absolute Gasteiger partial charge is 0.497 e. The second-order valence-corrected chi connectivity index (χ2v) is 7.72. The molecule has 0 amide bonds. The standard InChI is InChI=1S/C24H20O2/c1-25-16-5-7-18-19-8-6-17(26-2)11-23(19)24(22(18)10-16)12-20-14-3-4-15(9-14)21(20)13-24/h3-8,10-15H,9H2,1-2H3. The second kappa shape index (κ2) is 4.70. The number of hydrogen-bond donors (Lipinski definition) is 0. The Hall–Kier alpha value is -2.74. The molecule has 0 heterocycles. The maximum absolute atomic E-state index is 5.56. The molecule has 2 nitrogen and oxygen atoms in total. The van der Waals surface area contributed by atoms with Crippen molar-refractivity contribution in [2.75, 3.05) is 14.2 Å². The Labute approximate surface area is 153 Å². The highest BCUT2D eigenvalue weighted by Crippen LogP contribution is 2.60. The van der Waals surface area contributed by atoms with Gasteiger partial charge in [-0.25, -0.2) is 0 Å². The van der Waals surface area contributed by atoms with Crippen molar-refractivity contribution < 1.29 is 9.47 Å². The lowest BCUT2D eigenvalue weighted by atomic mass is 9.78. The molecule has 1 spiro atoms. The summed E-state index contributed by atoms with van der Waals surface area (Å²) in [6.07, 6.45) is 11.1. The Balaban J connectivity index is 1.66. The lowest BCUT2D eigenvalue weighted by molar-refractivity contribution is 0.413. The summed E-state index contributed by atoms with van der Waals surface area (Å²) >= 11 is 0. The van der Waals surface area contributed by atoms with E-state index in [2.05, 4.69) is 60.7 Å². The first-order chi connectivity index (χ1) is 12.7. The average molecular weight is 340 g/mol. The number of allylic oxidation sites excluding steroid dienone is 6. The van der Waals surface area contributed by atoms with Crippen LogP contribution in [0.15, 0.2) is 71.8 Å². The van der Waals surface area contributed by atoms with Gasteiger partial charge in [-0.3, -0.25) is 0 Å². The molecular weight excluding hydrogens is 320 g/mol. The molecule has 4 aliphatic carbocycles. The van der Waals surface area contributed by atoms with Crippen LogP contribution in [-0.4, -0.2) is 14.2 Å². The molecule has 26 heavy (non-hydrogen) atoms. The fraction of sp³-hybridized carbons (Fsp3) is 0.250. The molecule has 2 bridgehead atoms. The predicted octanol–water partition coefficient (Wildman–Crippen LogP) is 5.04. The molecule has 128 valence electrons. The van der Waals surface area contributed by atoms with E-state index in [4.69, 9.17) is 9.47 Å². The maximum Gasteiger partial charge on any atom is 0.119 e. The van der Waals surface area contributed by atoms with Crippen LogP contribution < -0.4 is 9.47 Å². The third-order valence-electron chi connectivity index (χ3n) is 6.62. The van der Waals surface area contributed by atoms with Gasteiger partial charge in [0.05, 0.1) is 19.6 Å². The number of rotatable bonds is 2. The van der Waals surface area contributed by atoms with Crippen LogP contribution in [0.1, 0.15) is 17.5 Å². The molecule has 2 aromatic rings. The third kappa shape index (κ3) is 1.58. The van der Waals surface area contributed by atoms with Gasteiger partial charge in [0.1, 0.15) is 11.5 Å². The van der Waals surface area contributed by atoms with Crippen LogP contribution in [0.3, 0.4) is 0 Å². The normalized spacial score (nSPS) is 25.0. The van der Waals surface area contributed by atoms with Crippen LogP contribution in [0.5, 0.6) is 11.5 Å². The highest BCUT2D eigenvalue weighted by molar-refractivity contribution is 5.87. The summed E-state index contributed by atoms with van der Waals surface area (Å²) in [4.78, 5) is 0. The van der Waals surface area contributed by atoms with Crippen LogP contribution in [0.25, 0.3) is 11.1 Å². The minimum Gasteiger partial charge on any atom is -0.497 e. The van der Waals surface area contributed by atoms with E-state index in [-0.39, 0.29) is 5.41 Å². The first-order valence-electron chi connectivity index (χ1n) is 9.25. The number of ether oxygens (including phenoxy) is 2. The highest BCUT2D eigenvalue weighted by atomic mass is 16.5. The summed E-state index contributed by atoms with van der Waals surface area (Å²) in [7, 11) is 3.48. The van der Waals surface area contributed by atoms with Gasteiger partial charge in [-0.2, -0.15) is 0 Å². The van der Waals surface area contributed by atoms with Crippen molar-refractivity contribution >= 4 is 0 Å². The van der Waals surface area contributed by atoms with Crippen molar-refractivity contribution in [3.8, 4) is 22.6 Å². The van der Waals surface area contributed by atoms with Crippen molar-refractivity contribution in [2.45, 2.75) is 11.8 Å². The Morgan fingerprint density at radius 2 is 1.27 bits per heavy atom. The first kappa shape index (κ1) is 14.4. The summed E-state index contributed by atoms with van der Waals surface area (Å²) in [5, 5.41) is 0. The molecule has 0 aliphatic heterocycles. The SMILES string of the molecule is COc1ccc2c(c1)C1(C=C3C(=C1)C1C=CC3C1)c1cc(OC)ccc1-2. The fourth-order valence-electron chi connectivity index (χ4n) is 5.41. The lowest BCUT2D eigenvalue weighted by Crippen LogP contribution is -2.18. The predicted molar refractivity (Wildman–Crippen MR) is 103 cm³/mol. The van der Waals surface area contributed by atoms with Gasteiger partial charge in [0.2, 0.25) is 0 Å². The van der Waals surface area contributed by atoms with E-state index in [1.54, 1.807) is 14.2 Å². The van der Waals surface area contributed by atoms with Gasteiger partial charge in [-0.1, -0.05) is 36.4 Å². The average Bonchev–Trinajstić information content (AvgIpc) is 3.42. The Morgan fingerprint density at radius 3 is 1.73 bits per heavy atom. The van der Waals surface area contributed by atoms with Gasteiger partial charge in [0.25, 0.3) is 0 Å². The van der Waals surface area contributed by atoms with Crippen LogP contribution >= 0.6 is 0 Å². The fourth-order valence-corrected chi connectivity index (χ4v) is 5.41. The van der Waals surface area contributed by atoms with Gasteiger partial charge in [-0.05, 0) is 64.1 Å². The summed E-state index contributed by atoms with van der Waals surface area (Å²) in [6, 6.07) is 13.0. The molecule has 0 aromatic heterocycles.